The number of rotatable bonds is 7. The summed E-state index contributed by atoms with van der Waals surface area (Å²) >= 11 is 1.67. The molecule has 0 aliphatic rings. The Morgan fingerprint density at radius 3 is 2.68 bits per heavy atom. The summed E-state index contributed by atoms with van der Waals surface area (Å²) < 4.78 is 1.59. The first kappa shape index (κ1) is 22.7. The van der Waals surface area contributed by atoms with E-state index in [0.29, 0.717) is 29.3 Å². The summed E-state index contributed by atoms with van der Waals surface area (Å²) in [5, 5.41) is 7.53. The normalized spacial score (nSPS) is 12.5. The lowest BCUT2D eigenvalue weighted by molar-refractivity contribution is 0.0925. The van der Waals surface area contributed by atoms with Crippen LogP contribution in [0.2, 0.25) is 0 Å². The molecule has 3 rings (SSSR count). The van der Waals surface area contributed by atoms with Crippen LogP contribution in [0, 0.1) is 0 Å². The van der Waals surface area contributed by atoms with E-state index in [-0.39, 0.29) is 16.9 Å². The number of amides is 1. The molecule has 9 heteroatoms. The molecule has 164 valence electrons. The third-order valence-corrected chi connectivity index (χ3v) is 5.47. The minimum atomic E-state index is -0.419. The van der Waals surface area contributed by atoms with Gasteiger partial charge in [0.15, 0.2) is 5.82 Å². The van der Waals surface area contributed by atoms with E-state index in [4.69, 9.17) is 0 Å². The monoisotopic (exact) mass is 440 g/mol. The third kappa shape index (κ3) is 5.61. The number of aryl methyl sites for hydroxylation is 1. The average molecular weight is 441 g/mol. The third-order valence-electron chi connectivity index (χ3n) is 4.82. The molecule has 3 aromatic heterocycles. The number of nitrogens with zero attached hydrogens (tertiary/aromatic N) is 4. The van der Waals surface area contributed by atoms with Gasteiger partial charge >= 0.3 is 0 Å². The number of nitrogens with one attached hydrogen (secondary N) is 2. The molecular weight excluding hydrogens is 412 g/mol. The molecule has 8 nitrogen and oxygen atoms in total. The van der Waals surface area contributed by atoms with E-state index in [0.717, 1.165) is 11.4 Å². The first-order valence-electron chi connectivity index (χ1n) is 10.1. The highest BCUT2D eigenvalue weighted by Gasteiger charge is 2.24. The maximum Gasteiger partial charge on any atom is 0.270 e. The van der Waals surface area contributed by atoms with E-state index in [1.807, 2.05) is 18.4 Å². The van der Waals surface area contributed by atoms with E-state index in [9.17, 15) is 9.59 Å². The summed E-state index contributed by atoms with van der Waals surface area (Å²) in [6.07, 6.45) is 4.28. The van der Waals surface area contributed by atoms with Crippen molar-refractivity contribution in [2.24, 2.45) is 7.05 Å². The van der Waals surface area contributed by atoms with E-state index in [1.165, 1.54) is 6.07 Å². The van der Waals surface area contributed by atoms with Crippen molar-refractivity contribution >= 4 is 17.7 Å². The maximum atomic E-state index is 13.1. The molecule has 2 N–H and O–H groups in total. The van der Waals surface area contributed by atoms with Crippen LogP contribution in [0.5, 0.6) is 0 Å². The van der Waals surface area contributed by atoms with Crippen molar-refractivity contribution in [2.45, 2.75) is 38.6 Å². The zero-order valence-corrected chi connectivity index (χ0v) is 19.3. The molecule has 0 spiro atoms. The van der Waals surface area contributed by atoms with Gasteiger partial charge in [-0.3, -0.25) is 19.3 Å². The summed E-state index contributed by atoms with van der Waals surface area (Å²) in [5.41, 5.74) is 1.93. The van der Waals surface area contributed by atoms with Gasteiger partial charge in [0.05, 0.1) is 17.4 Å². The second kappa shape index (κ2) is 9.47. The molecule has 1 atom stereocenters. The van der Waals surface area contributed by atoms with Crippen LogP contribution in [0.3, 0.4) is 0 Å². The lowest BCUT2D eigenvalue weighted by atomic mass is 9.92. The Morgan fingerprint density at radius 1 is 1.29 bits per heavy atom. The van der Waals surface area contributed by atoms with Crippen molar-refractivity contribution in [3.63, 3.8) is 0 Å². The van der Waals surface area contributed by atoms with Gasteiger partial charge in [0.2, 0.25) is 0 Å². The molecule has 0 saturated carbocycles. The Morgan fingerprint density at radius 2 is 2.06 bits per heavy atom. The standard InChI is InChI=1S/C22H28N6O2S/c1-22(2,3)18-13-17(28(4)27-18)21(30)25-14(9-11-31-5)16-12-19(29)26-20(24-16)15-8-6-7-10-23-15/h6-8,10,12-14H,9,11H2,1-5H3,(H,25,30)(H,24,26,29). The number of thioether (sulfide) groups is 1. The lowest BCUT2D eigenvalue weighted by Gasteiger charge is -2.18. The second-order valence-electron chi connectivity index (χ2n) is 8.33. The van der Waals surface area contributed by atoms with Gasteiger partial charge in [-0.05, 0) is 36.6 Å². The maximum absolute atomic E-state index is 13.1. The van der Waals surface area contributed by atoms with E-state index < -0.39 is 6.04 Å². The van der Waals surface area contributed by atoms with Crippen molar-refractivity contribution in [3.8, 4) is 11.5 Å². The van der Waals surface area contributed by atoms with Crippen LogP contribution in [-0.4, -0.2) is 42.6 Å². The van der Waals surface area contributed by atoms with Crippen molar-refractivity contribution in [3.05, 3.63) is 64.0 Å². The van der Waals surface area contributed by atoms with Gasteiger partial charge in [-0.15, -0.1) is 0 Å². The van der Waals surface area contributed by atoms with E-state index >= 15 is 0 Å². The van der Waals surface area contributed by atoms with Crippen LogP contribution in [0.1, 0.15) is 55.1 Å². The number of carbonyl (C=O) groups is 1. The minimum absolute atomic E-state index is 0.166. The highest BCUT2D eigenvalue weighted by molar-refractivity contribution is 7.98. The fourth-order valence-corrected chi connectivity index (χ4v) is 3.56. The molecule has 1 unspecified atom stereocenters. The van der Waals surface area contributed by atoms with Gasteiger partial charge in [-0.25, -0.2) is 4.98 Å². The summed E-state index contributed by atoms with van der Waals surface area (Å²) in [4.78, 5) is 37.0. The van der Waals surface area contributed by atoms with Crippen LogP contribution in [0.25, 0.3) is 11.5 Å². The number of aromatic nitrogens is 5. The van der Waals surface area contributed by atoms with E-state index in [2.05, 4.69) is 46.1 Å². The molecule has 0 aliphatic heterocycles. The number of aromatic amines is 1. The molecule has 0 fully saturated rings. The van der Waals surface area contributed by atoms with Gasteiger partial charge in [0.1, 0.15) is 11.4 Å². The Bertz CT molecular complexity index is 1100. The topological polar surface area (TPSA) is 106 Å². The molecule has 0 aromatic carbocycles. The number of pyridine rings is 1. The van der Waals surface area contributed by atoms with Crippen LogP contribution in [0.15, 0.2) is 41.3 Å². The molecule has 0 saturated heterocycles. The molecule has 0 bridgehead atoms. The summed E-state index contributed by atoms with van der Waals surface area (Å²) in [5.74, 6) is 0.928. The predicted octanol–water partition coefficient (Wildman–Crippen LogP) is 3.09. The molecular formula is C22H28N6O2S. The highest BCUT2D eigenvalue weighted by Crippen LogP contribution is 2.23. The van der Waals surface area contributed by atoms with Crippen molar-refractivity contribution in [1.29, 1.82) is 0 Å². The number of carbonyl (C=O) groups excluding carboxylic acids is 1. The summed E-state index contributed by atoms with van der Waals surface area (Å²) in [7, 11) is 1.76. The zero-order chi connectivity index (χ0) is 22.6. The Hall–Kier alpha value is -2.94. The van der Waals surface area contributed by atoms with Gasteiger partial charge in [-0.2, -0.15) is 16.9 Å². The van der Waals surface area contributed by atoms with Crippen LogP contribution in [-0.2, 0) is 12.5 Å². The number of hydrogen-bond acceptors (Lipinski definition) is 6. The fraction of sp³-hybridized carbons (Fsp3) is 0.409. The largest absolute Gasteiger partial charge is 0.342 e. The first-order chi connectivity index (χ1) is 14.7. The highest BCUT2D eigenvalue weighted by atomic mass is 32.2. The molecule has 0 aliphatic carbocycles. The van der Waals surface area contributed by atoms with Crippen LogP contribution < -0.4 is 10.9 Å². The van der Waals surface area contributed by atoms with Gasteiger partial charge in [-0.1, -0.05) is 26.8 Å². The molecule has 3 heterocycles. The van der Waals surface area contributed by atoms with Gasteiger partial charge in [0.25, 0.3) is 11.5 Å². The Kier molecular flexibility index (Phi) is 6.94. The number of H-pyrrole nitrogens is 1. The molecule has 0 radical (unpaired) electrons. The molecule has 1 amide bonds. The zero-order valence-electron chi connectivity index (χ0n) is 18.5. The fourth-order valence-electron chi connectivity index (χ4n) is 3.09. The minimum Gasteiger partial charge on any atom is -0.342 e. The lowest BCUT2D eigenvalue weighted by Crippen LogP contribution is -2.32. The first-order valence-corrected chi connectivity index (χ1v) is 11.5. The van der Waals surface area contributed by atoms with Crippen LogP contribution >= 0.6 is 11.8 Å². The Balaban J connectivity index is 1.93. The van der Waals surface area contributed by atoms with Gasteiger partial charge in [0, 0.05) is 24.7 Å². The van der Waals surface area contributed by atoms with Crippen LogP contribution in [0.4, 0.5) is 0 Å². The number of hydrogen-bond donors (Lipinski definition) is 2. The quantitative estimate of drug-likeness (QED) is 0.585. The van der Waals surface area contributed by atoms with Crippen molar-refractivity contribution < 1.29 is 4.79 Å². The Labute approximate surface area is 185 Å². The smallest absolute Gasteiger partial charge is 0.270 e. The predicted molar refractivity (Wildman–Crippen MR) is 123 cm³/mol. The van der Waals surface area contributed by atoms with Crippen molar-refractivity contribution in [1.82, 2.24) is 30.0 Å². The van der Waals surface area contributed by atoms with Gasteiger partial charge < -0.3 is 10.3 Å². The molecule has 3 aromatic rings. The summed E-state index contributed by atoms with van der Waals surface area (Å²) in [6.45, 7) is 6.16. The average Bonchev–Trinajstić information content (AvgIpc) is 3.13. The van der Waals surface area contributed by atoms with Crippen molar-refractivity contribution in [2.75, 3.05) is 12.0 Å². The van der Waals surface area contributed by atoms with E-state index in [1.54, 1.807) is 41.8 Å². The SMILES string of the molecule is CSCCC(NC(=O)c1cc(C(C)(C)C)nn1C)c1cc(=O)[nH]c(-c2ccccn2)n1. The molecule has 31 heavy (non-hydrogen) atoms. The summed E-state index contributed by atoms with van der Waals surface area (Å²) in [6, 6.07) is 8.23. The second-order valence-corrected chi connectivity index (χ2v) is 9.32.